The van der Waals surface area contributed by atoms with Crippen molar-refractivity contribution < 1.29 is 13.2 Å². The number of sulfonamides is 1. The first kappa shape index (κ1) is 21.3. The number of para-hydroxylation sites is 1. The zero-order valence-electron chi connectivity index (χ0n) is 17.0. The molecule has 1 fully saturated rings. The summed E-state index contributed by atoms with van der Waals surface area (Å²) in [6.07, 6.45) is 1.04. The van der Waals surface area contributed by atoms with Crippen LogP contribution in [0, 0.1) is 0 Å². The Kier molecular flexibility index (Phi) is 6.92. The van der Waals surface area contributed by atoms with Crippen molar-refractivity contribution in [2.24, 2.45) is 0 Å². The van der Waals surface area contributed by atoms with Gasteiger partial charge in [-0.2, -0.15) is 0 Å². The second-order valence-electron chi connectivity index (χ2n) is 7.62. The minimum absolute atomic E-state index is 0.149. The van der Waals surface area contributed by atoms with Crippen LogP contribution in [0.5, 0.6) is 0 Å². The predicted molar refractivity (Wildman–Crippen MR) is 115 cm³/mol. The summed E-state index contributed by atoms with van der Waals surface area (Å²) < 4.78 is 26.9. The van der Waals surface area contributed by atoms with Crippen LogP contribution in [0.3, 0.4) is 0 Å². The number of piperazine rings is 1. The van der Waals surface area contributed by atoms with Gasteiger partial charge < -0.3 is 9.80 Å². The van der Waals surface area contributed by atoms with Crippen LogP contribution in [0.25, 0.3) is 0 Å². The first-order valence-electron chi connectivity index (χ1n) is 10.0. The third-order valence-corrected chi connectivity index (χ3v) is 6.68. The molecule has 0 atom stereocenters. The van der Waals surface area contributed by atoms with E-state index in [1.165, 1.54) is 5.69 Å². The van der Waals surface area contributed by atoms with E-state index in [4.69, 9.17) is 0 Å². The Balaban J connectivity index is 1.49. The number of benzene rings is 2. The molecule has 2 aromatic rings. The smallest absolute Gasteiger partial charge is 0.240 e. The van der Waals surface area contributed by atoms with Gasteiger partial charge >= 0.3 is 0 Å². The molecule has 7 heteroatoms. The average molecular weight is 416 g/mol. The van der Waals surface area contributed by atoms with Gasteiger partial charge in [-0.1, -0.05) is 30.3 Å². The van der Waals surface area contributed by atoms with E-state index in [1.807, 2.05) is 23.1 Å². The van der Waals surface area contributed by atoms with E-state index in [2.05, 4.69) is 21.8 Å². The van der Waals surface area contributed by atoms with Gasteiger partial charge in [0, 0.05) is 44.3 Å². The van der Waals surface area contributed by atoms with Crippen LogP contribution >= 0.6 is 0 Å². The highest BCUT2D eigenvalue weighted by Gasteiger charge is 2.21. The SMILES string of the molecule is CC(C)NS(=O)(=O)c1ccc(CCC(=O)N2CCN(c3ccccc3)CC2)cc1. The molecule has 1 amide bonds. The number of carbonyl (C=O) groups excluding carboxylic acids is 1. The summed E-state index contributed by atoms with van der Waals surface area (Å²) >= 11 is 0. The van der Waals surface area contributed by atoms with Crippen LogP contribution in [0.1, 0.15) is 25.8 Å². The van der Waals surface area contributed by atoms with Crippen LogP contribution in [-0.4, -0.2) is 51.4 Å². The minimum atomic E-state index is -3.48. The molecule has 1 saturated heterocycles. The lowest BCUT2D eigenvalue weighted by Crippen LogP contribution is -2.48. The first-order chi connectivity index (χ1) is 13.8. The summed E-state index contributed by atoms with van der Waals surface area (Å²) in [4.78, 5) is 17.0. The maximum absolute atomic E-state index is 12.6. The van der Waals surface area contributed by atoms with Crippen molar-refractivity contribution in [3.05, 3.63) is 60.2 Å². The van der Waals surface area contributed by atoms with Gasteiger partial charge in [0.1, 0.15) is 0 Å². The van der Waals surface area contributed by atoms with Crippen LogP contribution in [0.15, 0.2) is 59.5 Å². The summed E-state index contributed by atoms with van der Waals surface area (Å²) in [5.41, 5.74) is 2.16. The molecule has 6 nitrogen and oxygen atoms in total. The largest absolute Gasteiger partial charge is 0.368 e. The van der Waals surface area contributed by atoms with Gasteiger partial charge in [-0.05, 0) is 50.1 Å². The van der Waals surface area contributed by atoms with E-state index in [0.717, 1.165) is 31.7 Å². The Hall–Kier alpha value is -2.38. The van der Waals surface area contributed by atoms with Gasteiger partial charge in [-0.3, -0.25) is 4.79 Å². The lowest BCUT2D eigenvalue weighted by atomic mass is 10.1. The lowest BCUT2D eigenvalue weighted by molar-refractivity contribution is -0.131. The number of nitrogens with zero attached hydrogens (tertiary/aromatic N) is 2. The maximum atomic E-state index is 12.6. The zero-order chi connectivity index (χ0) is 20.9. The second-order valence-corrected chi connectivity index (χ2v) is 9.34. The number of rotatable bonds is 7. The number of hydrogen-bond donors (Lipinski definition) is 1. The summed E-state index contributed by atoms with van der Waals surface area (Å²) in [5, 5.41) is 0. The molecule has 0 bridgehead atoms. The van der Waals surface area contributed by atoms with Crippen molar-refractivity contribution in [3.63, 3.8) is 0 Å². The van der Waals surface area contributed by atoms with Crippen LogP contribution in [0.4, 0.5) is 5.69 Å². The molecule has 3 rings (SSSR count). The number of nitrogens with one attached hydrogen (secondary N) is 1. The molecule has 1 heterocycles. The van der Waals surface area contributed by atoms with Crippen molar-refractivity contribution in [2.75, 3.05) is 31.1 Å². The summed E-state index contributed by atoms with van der Waals surface area (Å²) in [7, 11) is -3.48. The van der Waals surface area contributed by atoms with Crippen LogP contribution in [0.2, 0.25) is 0 Å². The molecule has 1 aliphatic rings. The van der Waals surface area contributed by atoms with E-state index in [9.17, 15) is 13.2 Å². The molecule has 0 saturated carbocycles. The Bertz CT molecular complexity index is 904. The molecular formula is C22H29N3O3S. The number of hydrogen-bond acceptors (Lipinski definition) is 4. The fourth-order valence-electron chi connectivity index (χ4n) is 3.48. The fraction of sp³-hybridized carbons (Fsp3) is 0.409. The van der Waals surface area contributed by atoms with E-state index in [1.54, 1.807) is 38.1 Å². The van der Waals surface area contributed by atoms with Crippen molar-refractivity contribution in [1.82, 2.24) is 9.62 Å². The minimum Gasteiger partial charge on any atom is -0.368 e. The molecule has 29 heavy (non-hydrogen) atoms. The van der Waals surface area contributed by atoms with Gasteiger partial charge in [0.25, 0.3) is 0 Å². The molecule has 0 unspecified atom stereocenters. The highest BCUT2D eigenvalue weighted by atomic mass is 32.2. The quantitative estimate of drug-likeness (QED) is 0.755. The third-order valence-electron chi connectivity index (χ3n) is 5.01. The van der Waals surface area contributed by atoms with Crippen molar-refractivity contribution in [2.45, 2.75) is 37.6 Å². The fourth-order valence-corrected chi connectivity index (χ4v) is 4.73. The summed E-state index contributed by atoms with van der Waals surface area (Å²) in [5.74, 6) is 0.149. The third kappa shape index (κ3) is 5.81. The Morgan fingerprint density at radius 1 is 0.966 bits per heavy atom. The highest BCUT2D eigenvalue weighted by Crippen LogP contribution is 2.17. The van der Waals surface area contributed by atoms with Crippen molar-refractivity contribution in [1.29, 1.82) is 0 Å². The maximum Gasteiger partial charge on any atom is 0.240 e. The van der Waals surface area contributed by atoms with Gasteiger partial charge in [0.15, 0.2) is 0 Å². The molecule has 1 N–H and O–H groups in total. The molecule has 0 aromatic heterocycles. The molecule has 156 valence electrons. The van der Waals surface area contributed by atoms with Gasteiger partial charge in [-0.15, -0.1) is 0 Å². The first-order valence-corrected chi connectivity index (χ1v) is 11.5. The molecular weight excluding hydrogens is 386 g/mol. The Labute approximate surface area is 173 Å². The number of anilines is 1. The molecule has 2 aromatic carbocycles. The Morgan fingerprint density at radius 3 is 2.17 bits per heavy atom. The lowest BCUT2D eigenvalue weighted by Gasteiger charge is -2.36. The zero-order valence-corrected chi connectivity index (χ0v) is 17.9. The second kappa shape index (κ2) is 9.41. The number of amides is 1. The standard InChI is InChI=1S/C22H29N3O3S/c1-18(2)23-29(27,28)21-11-8-19(9-12-21)10-13-22(26)25-16-14-24(15-17-25)20-6-4-3-5-7-20/h3-9,11-12,18,23H,10,13-17H2,1-2H3. The Morgan fingerprint density at radius 2 is 1.59 bits per heavy atom. The van der Waals surface area contributed by atoms with Gasteiger partial charge in [0.05, 0.1) is 4.90 Å². The highest BCUT2D eigenvalue weighted by molar-refractivity contribution is 7.89. The van der Waals surface area contributed by atoms with E-state index < -0.39 is 10.0 Å². The van der Waals surface area contributed by atoms with Crippen molar-refractivity contribution >= 4 is 21.6 Å². The predicted octanol–water partition coefficient (Wildman–Crippen LogP) is 2.65. The van der Waals surface area contributed by atoms with E-state index >= 15 is 0 Å². The summed E-state index contributed by atoms with van der Waals surface area (Å²) in [6, 6.07) is 16.9. The topological polar surface area (TPSA) is 69.7 Å². The van der Waals surface area contributed by atoms with E-state index in [-0.39, 0.29) is 16.8 Å². The molecule has 0 spiro atoms. The van der Waals surface area contributed by atoms with Crippen LogP contribution in [-0.2, 0) is 21.2 Å². The average Bonchev–Trinajstić information content (AvgIpc) is 2.72. The molecule has 0 aliphatic carbocycles. The summed E-state index contributed by atoms with van der Waals surface area (Å²) in [6.45, 7) is 6.71. The number of carbonyl (C=O) groups is 1. The van der Waals surface area contributed by atoms with E-state index in [0.29, 0.717) is 12.8 Å². The normalized spacial score (nSPS) is 15.0. The monoisotopic (exact) mass is 415 g/mol. The van der Waals surface area contributed by atoms with Gasteiger partial charge in [0.2, 0.25) is 15.9 Å². The van der Waals surface area contributed by atoms with Gasteiger partial charge in [-0.25, -0.2) is 13.1 Å². The van der Waals surface area contributed by atoms with Crippen molar-refractivity contribution in [3.8, 4) is 0 Å². The molecule has 1 aliphatic heterocycles. The van der Waals surface area contributed by atoms with Crippen LogP contribution < -0.4 is 9.62 Å². The number of aryl methyl sites for hydroxylation is 1. The molecule has 0 radical (unpaired) electrons.